The molecular weight excluding hydrogens is 252 g/mol. The smallest absolute Gasteiger partial charge is 0.274 e. The maximum atomic E-state index is 5.41. The molecule has 0 amide bonds. The Morgan fingerprint density at radius 3 is 3.05 bits per heavy atom. The zero-order chi connectivity index (χ0) is 13.4. The molecule has 0 spiro atoms. The first-order chi connectivity index (χ1) is 9.90. The van der Waals surface area contributed by atoms with Gasteiger partial charge in [-0.05, 0) is 31.5 Å². The lowest BCUT2D eigenvalue weighted by atomic mass is 9.99. The molecule has 3 aromatic rings. The van der Waals surface area contributed by atoms with Crippen LogP contribution in [-0.2, 0) is 0 Å². The fraction of sp³-hybridized carbons (Fsp3) is 0.333. The maximum absolute atomic E-state index is 5.41. The monoisotopic (exact) mass is 268 g/mol. The van der Waals surface area contributed by atoms with E-state index in [4.69, 9.17) is 4.52 Å². The van der Waals surface area contributed by atoms with Crippen LogP contribution in [0, 0.1) is 0 Å². The number of benzene rings is 1. The second-order valence-corrected chi connectivity index (χ2v) is 5.27. The summed E-state index contributed by atoms with van der Waals surface area (Å²) in [7, 11) is 0. The van der Waals surface area contributed by atoms with E-state index in [0.29, 0.717) is 11.8 Å². The lowest BCUT2D eigenvalue weighted by Gasteiger charge is -2.19. The van der Waals surface area contributed by atoms with E-state index < -0.39 is 0 Å². The molecule has 1 saturated heterocycles. The topological polar surface area (TPSA) is 66.7 Å². The van der Waals surface area contributed by atoms with E-state index in [0.717, 1.165) is 41.9 Å². The van der Waals surface area contributed by atoms with Crippen molar-refractivity contribution in [3.63, 3.8) is 0 Å². The van der Waals surface area contributed by atoms with Crippen LogP contribution in [0.15, 0.2) is 34.9 Å². The summed E-state index contributed by atoms with van der Waals surface area (Å²) in [5, 5.41) is 8.67. The Morgan fingerprint density at radius 2 is 2.20 bits per heavy atom. The molecule has 0 saturated carbocycles. The van der Waals surface area contributed by atoms with E-state index in [2.05, 4.69) is 26.5 Å². The zero-order valence-electron chi connectivity index (χ0n) is 11.1. The number of aromatic nitrogens is 3. The van der Waals surface area contributed by atoms with Gasteiger partial charge >= 0.3 is 0 Å². The summed E-state index contributed by atoms with van der Waals surface area (Å²) < 4.78 is 5.41. The van der Waals surface area contributed by atoms with Crippen molar-refractivity contribution < 1.29 is 4.52 Å². The van der Waals surface area contributed by atoms with Gasteiger partial charge < -0.3 is 14.8 Å². The van der Waals surface area contributed by atoms with Gasteiger partial charge in [0.05, 0.1) is 0 Å². The summed E-state index contributed by atoms with van der Waals surface area (Å²) in [5.41, 5.74) is 1.97. The first kappa shape index (κ1) is 11.7. The first-order valence-corrected chi connectivity index (χ1v) is 7.02. The van der Waals surface area contributed by atoms with E-state index in [-0.39, 0.29) is 0 Å². The molecule has 1 atom stereocenters. The summed E-state index contributed by atoms with van der Waals surface area (Å²) in [6.07, 6.45) is 2.29. The average molecular weight is 268 g/mol. The van der Waals surface area contributed by atoms with Crippen molar-refractivity contribution >= 4 is 10.9 Å². The van der Waals surface area contributed by atoms with Gasteiger partial charge in [0.1, 0.15) is 5.69 Å². The molecule has 1 aliphatic heterocycles. The van der Waals surface area contributed by atoms with Gasteiger partial charge in [0.25, 0.3) is 5.89 Å². The highest BCUT2D eigenvalue weighted by molar-refractivity contribution is 5.84. The van der Waals surface area contributed by atoms with Crippen LogP contribution in [0.25, 0.3) is 22.5 Å². The van der Waals surface area contributed by atoms with Gasteiger partial charge in [-0.1, -0.05) is 23.4 Å². The second-order valence-electron chi connectivity index (χ2n) is 5.27. The van der Waals surface area contributed by atoms with E-state index in [1.807, 2.05) is 24.3 Å². The number of aromatic amines is 1. The number of H-pyrrole nitrogens is 1. The third kappa shape index (κ3) is 2.00. The van der Waals surface area contributed by atoms with Gasteiger partial charge in [0.15, 0.2) is 5.82 Å². The minimum Gasteiger partial charge on any atom is -0.351 e. The van der Waals surface area contributed by atoms with Crippen LogP contribution >= 0.6 is 0 Å². The Balaban J connectivity index is 1.66. The molecule has 5 heteroatoms. The number of hydrogen-bond acceptors (Lipinski definition) is 4. The number of fused-ring (bicyclic) bond motifs is 1. The third-order valence-electron chi connectivity index (χ3n) is 3.86. The predicted molar refractivity (Wildman–Crippen MR) is 76.4 cm³/mol. The molecule has 2 aromatic heterocycles. The first-order valence-electron chi connectivity index (χ1n) is 7.02. The summed E-state index contributed by atoms with van der Waals surface area (Å²) in [5.74, 6) is 1.75. The number of rotatable bonds is 2. The van der Waals surface area contributed by atoms with E-state index in [9.17, 15) is 0 Å². The number of piperidine rings is 1. The lowest BCUT2D eigenvalue weighted by Crippen LogP contribution is -2.28. The van der Waals surface area contributed by atoms with Gasteiger partial charge in [0, 0.05) is 23.4 Å². The standard InChI is InChI=1S/C15H16N4O/c1-2-6-12-10(4-1)8-13(17-12)15-18-14(19-20-15)11-5-3-7-16-9-11/h1-2,4,6,8,11,16-17H,3,5,7,9H2. The Bertz CT molecular complexity index is 691. The summed E-state index contributed by atoms with van der Waals surface area (Å²) >= 11 is 0. The molecule has 1 unspecified atom stereocenters. The molecule has 102 valence electrons. The van der Waals surface area contributed by atoms with Gasteiger partial charge in [0.2, 0.25) is 0 Å². The Labute approximate surface area is 116 Å². The van der Waals surface area contributed by atoms with Gasteiger partial charge in [-0.2, -0.15) is 4.98 Å². The summed E-state index contributed by atoms with van der Waals surface area (Å²) in [6, 6.07) is 10.2. The van der Waals surface area contributed by atoms with Crippen LogP contribution in [0.4, 0.5) is 0 Å². The molecule has 1 aromatic carbocycles. The van der Waals surface area contributed by atoms with Crippen LogP contribution in [0.1, 0.15) is 24.6 Å². The van der Waals surface area contributed by atoms with E-state index in [1.165, 1.54) is 6.42 Å². The predicted octanol–water partition coefficient (Wildman–Crippen LogP) is 2.68. The molecule has 1 fully saturated rings. The summed E-state index contributed by atoms with van der Waals surface area (Å²) in [4.78, 5) is 7.87. The van der Waals surface area contributed by atoms with E-state index in [1.54, 1.807) is 0 Å². The molecule has 2 N–H and O–H groups in total. The highest BCUT2D eigenvalue weighted by Gasteiger charge is 2.21. The maximum Gasteiger partial charge on any atom is 0.274 e. The molecule has 3 heterocycles. The van der Waals surface area contributed by atoms with Gasteiger partial charge in [-0.15, -0.1) is 0 Å². The third-order valence-corrected chi connectivity index (χ3v) is 3.86. The molecule has 0 radical (unpaired) electrons. The second kappa shape index (κ2) is 4.76. The number of nitrogens with one attached hydrogen (secondary N) is 2. The lowest BCUT2D eigenvalue weighted by molar-refractivity contribution is 0.393. The highest BCUT2D eigenvalue weighted by Crippen LogP contribution is 2.26. The van der Waals surface area contributed by atoms with Crippen molar-refractivity contribution in [2.45, 2.75) is 18.8 Å². The SMILES string of the molecule is c1ccc2[nH]c(-c3nc(C4CCCNC4)no3)cc2c1. The minimum absolute atomic E-state index is 0.366. The van der Waals surface area contributed by atoms with Crippen LogP contribution in [0.3, 0.4) is 0 Å². The van der Waals surface area contributed by atoms with Crippen molar-refractivity contribution in [2.75, 3.05) is 13.1 Å². The van der Waals surface area contributed by atoms with Crippen molar-refractivity contribution in [2.24, 2.45) is 0 Å². The molecule has 4 rings (SSSR count). The minimum atomic E-state index is 0.366. The van der Waals surface area contributed by atoms with Crippen LogP contribution in [0.2, 0.25) is 0 Å². The average Bonchev–Trinajstić information content (AvgIpc) is 3.14. The molecule has 20 heavy (non-hydrogen) atoms. The number of nitrogens with zero attached hydrogens (tertiary/aromatic N) is 2. The Kier molecular flexibility index (Phi) is 2.77. The molecule has 5 nitrogen and oxygen atoms in total. The van der Waals surface area contributed by atoms with Gasteiger partial charge in [-0.3, -0.25) is 0 Å². The van der Waals surface area contributed by atoms with Gasteiger partial charge in [-0.25, -0.2) is 0 Å². The van der Waals surface area contributed by atoms with Crippen LogP contribution in [0.5, 0.6) is 0 Å². The zero-order valence-corrected chi connectivity index (χ0v) is 11.1. The fourth-order valence-corrected chi connectivity index (χ4v) is 2.77. The van der Waals surface area contributed by atoms with Crippen molar-refractivity contribution in [1.82, 2.24) is 20.4 Å². The van der Waals surface area contributed by atoms with E-state index >= 15 is 0 Å². The normalized spacial score (nSPS) is 19.5. The summed E-state index contributed by atoms with van der Waals surface area (Å²) in [6.45, 7) is 2.02. The Morgan fingerprint density at radius 1 is 1.25 bits per heavy atom. The quantitative estimate of drug-likeness (QED) is 0.750. The molecule has 0 bridgehead atoms. The van der Waals surface area contributed by atoms with Crippen molar-refractivity contribution in [3.8, 4) is 11.6 Å². The van der Waals surface area contributed by atoms with Crippen molar-refractivity contribution in [3.05, 3.63) is 36.2 Å². The largest absolute Gasteiger partial charge is 0.351 e. The fourth-order valence-electron chi connectivity index (χ4n) is 2.77. The molecular formula is C15H16N4O. The Hall–Kier alpha value is -2.14. The van der Waals surface area contributed by atoms with Crippen molar-refractivity contribution in [1.29, 1.82) is 0 Å². The number of hydrogen-bond donors (Lipinski definition) is 2. The molecule has 1 aliphatic rings. The van der Waals surface area contributed by atoms with Crippen LogP contribution in [-0.4, -0.2) is 28.2 Å². The number of para-hydroxylation sites is 1. The highest BCUT2D eigenvalue weighted by atomic mass is 16.5. The molecule has 0 aliphatic carbocycles. The van der Waals surface area contributed by atoms with Crippen LogP contribution < -0.4 is 5.32 Å².